The lowest BCUT2D eigenvalue weighted by molar-refractivity contribution is -0.127. The molecule has 5 aromatic rings. The Kier molecular flexibility index (Phi) is 28.6. The second-order valence-corrected chi connectivity index (χ2v) is 49.6. The van der Waals surface area contributed by atoms with Gasteiger partial charge in [-0.3, -0.25) is 9.59 Å². The molecule has 0 saturated heterocycles. The highest BCUT2D eigenvalue weighted by Crippen LogP contribution is 2.44. The third-order valence-corrected chi connectivity index (χ3v) is 36.7. The zero-order valence-electron chi connectivity index (χ0n) is 56.1. The van der Waals surface area contributed by atoms with Gasteiger partial charge < -0.3 is 27.4 Å². The van der Waals surface area contributed by atoms with Crippen molar-refractivity contribution in [3.63, 3.8) is 0 Å². The van der Waals surface area contributed by atoms with Crippen molar-refractivity contribution in [1.82, 2.24) is 15.5 Å². The third kappa shape index (κ3) is 21.4. The minimum atomic E-state index is -2.19. The van der Waals surface area contributed by atoms with Crippen LogP contribution in [-0.4, -0.2) is 80.6 Å². The molecule has 0 radical (unpaired) electrons. The van der Waals surface area contributed by atoms with Crippen molar-refractivity contribution in [2.45, 2.75) is 222 Å². The van der Waals surface area contributed by atoms with Crippen LogP contribution < -0.4 is 14.2 Å². The molecule has 20 heteroatoms. The fraction of sp³-hybridized carbons (Fsp3) is 0.552. The minimum absolute atomic E-state index is 0. The van der Waals surface area contributed by atoms with Crippen LogP contribution in [0.5, 0.6) is 11.5 Å². The average Bonchev–Trinajstić information content (AvgIpc) is 2.61. The number of nitrogens with one attached hydrogen (secondary N) is 1. The van der Waals surface area contributed by atoms with E-state index < -0.39 is 45.3 Å². The Morgan fingerprint density at radius 3 is 1.49 bits per heavy atom. The summed E-state index contributed by atoms with van der Waals surface area (Å²) in [4.78, 5) is 34.0. The lowest BCUT2D eigenvalue weighted by Gasteiger charge is -2.40. The zero-order valence-corrected chi connectivity index (χ0v) is 63.3. The van der Waals surface area contributed by atoms with E-state index in [1.807, 2.05) is 76.0 Å². The number of ketones is 1. The van der Waals surface area contributed by atoms with Crippen LogP contribution in [0, 0.1) is 32.9 Å². The smallest absolute Gasteiger partial charge is 0.250 e. The molecule has 5 rings (SSSR count). The molecule has 0 aliphatic rings. The molecule has 0 aliphatic carbocycles. The van der Waals surface area contributed by atoms with Gasteiger partial charge >= 0.3 is 0 Å². The highest BCUT2D eigenvalue weighted by molar-refractivity contribution is 7.96. The van der Waals surface area contributed by atoms with Crippen molar-refractivity contribution >= 4 is 98.7 Å². The molecule has 0 aliphatic heterocycles. The lowest BCUT2D eigenvalue weighted by atomic mass is 9.91. The van der Waals surface area contributed by atoms with Gasteiger partial charge in [0.05, 0.1) is 53.8 Å². The van der Waals surface area contributed by atoms with E-state index >= 15 is 0 Å². The van der Waals surface area contributed by atoms with Gasteiger partial charge in [-0.15, -0.1) is 10.2 Å². The topological polar surface area (TPSA) is 131 Å². The summed E-state index contributed by atoms with van der Waals surface area (Å²) in [6, 6.07) is 22.4. The first-order valence-electron chi connectivity index (χ1n) is 29.4. The van der Waals surface area contributed by atoms with Crippen LogP contribution in [0.25, 0.3) is 21.1 Å². The molecule has 478 valence electrons. The molecule has 1 N–H and O–H groups in total. The van der Waals surface area contributed by atoms with E-state index in [4.69, 9.17) is 58.5 Å². The lowest BCUT2D eigenvalue weighted by Crippen LogP contribution is -2.48. The Balaban J connectivity index is 0.000000561. The molecule has 0 saturated carbocycles. The first kappa shape index (κ1) is 78.7. The van der Waals surface area contributed by atoms with Crippen LogP contribution in [0.4, 0.5) is 11.4 Å². The van der Waals surface area contributed by atoms with E-state index in [-0.39, 0.29) is 57.8 Å². The van der Waals surface area contributed by atoms with E-state index in [1.54, 1.807) is 24.3 Å². The summed E-state index contributed by atoms with van der Waals surface area (Å²) in [7, 11) is -7.36. The van der Waals surface area contributed by atoms with Crippen molar-refractivity contribution < 1.29 is 31.7 Å². The van der Waals surface area contributed by atoms with Gasteiger partial charge in [-0.25, -0.2) is 9.69 Å². The van der Waals surface area contributed by atoms with E-state index in [1.165, 1.54) is 0 Å². The Bertz CT molecular complexity index is 3240. The van der Waals surface area contributed by atoms with Crippen molar-refractivity contribution in [3.8, 4) is 23.0 Å². The van der Waals surface area contributed by atoms with Crippen molar-refractivity contribution in [3.05, 3.63) is 139 Å². The minimum Gasteiger partial charge on any atom is -0.543 e. The number of hydrogen-bond donors (Lipinski definition) is 1. The number of hydrogen-bond acceptors (Lipinski definition) is 10. The molecule has 1 amide bonds. The van der Waals surface area contributed by atoms with Gasteiger partial charge in [0, 0.05) is 11.1 Å². The summed E-state index contributed by atoms with van der Waals surface area (Å²) in [5, 5.41) is 12.9. The van der Waals surface area contributed by atoms with Gasteiger partial charge in [-0.1, -0.05) is 168 Å². The summed E-state index contributed by atoms with van der Waals surface area (Å²) >= 11 is 17.4. The summed E-state index contributed by atoms with van der Waals surface area (Å²) in [5.74, 6) is 1.23. The highest BCUT2D eigenvalue weighted by atomic mass is 35.5. The number of halogens is 2. The van der Waals surface area contributed by atoms with Gasteiger partial charge in [0.2, 0.25) is 45.7 Å². The fourth-order valence-electron chi connectivity index (χ4n) is 8.11. The summed E-state index contributed by atoms with van der Waals surface area (Å²) in [5.41, 5.74) is 5.72. The molecule has 1 aromatic heterocycles. The second kappa shape index (κ2) is 31.6. The largest absolute Gasteiger partial charge is 0.543 e. The zero-order chi connectivity index (χ0) is 65.9. The Morgan fingerprint density at radius 1 is 0.644 bits per heavy atom. The normalized spacial score (nSPS) is 13.9. The van der Waals surface area contributed by atoms with Crippen LogP contribution >= 0.6 is 30.6 Å². The third-order valence-electron chi connectivity index (χ3n) is 17.9. The molecule has 4 aromatic carbocycles. The van der Waals surface area contributed by atoms with Gasteiger partial charge in [-0.05, 0) is 180 Å². The van der Waals surface area contributed by atoms with E-state index in [9.17, 15) is 9.59 Å². The molecule has 4 atom stereocenters. The van der Waals surface area contributed by atoms with E-state index in [0.29, 0.717) is 57.4 Å². The number of amides is 1. The number of aromatic nitrogens is 2. The molecular formula is C67H102Cl2N5O7PSSi4. The number of Topliss-reactive ketones (excluding diaryl/α,β-unsaturated/α-hetero) is 1. The Labute approximate surface area is 545 Å². The molecule has 12 nitrogen and oxygen atoms in total. The fourth-order valence-corrected chi connectivity index (χ4v) is 13.5. The number of carbonyl (C=O) groups excluding carboxylic acids is 2. The molecule has 0 spiro atoms. The van der Waals surface area contributed by atoms with E-state index in [0.717, 1.165) is 40.9 Å². The number of rotatable bonds is 20. The Hall–Kier alpha value is -4.37. The number of carbonyl (C=O) groups is 2. The maximum atomic E-state index is 13.7. The average molecular weight is 1340 g/mol. The first-order valence-corrected chi connectivity index (χ1v) is 44.1. The Morgan fingerprint density at radius 2 is 1.06 bits per heavy atom. The standard InChI is InChI=1S/C33H49ClN2O4Si2.C32H46ClN3O3Si2.CH3PS.CH4/c1-22-24(17-18-28(35-9)30(22)34)20-27(23(2)39-41(10,11)32(3,4)5)31(38)36-21-29(37)25-15-14-16-26(19-25)40-42(12,13)33(6,7)8;1-21-23(17-18-27(34-9)28(21)33)20-26(22(2)38-40(10,11)31(3,4)5)30-36-35-29(37-30)24-15-14-16-25(19-24)39-41(12,13)32(6,7)8;1-2-3;/h14-19,23,27H,20-21H2,1-8,10-13H3,(H,36,38);14-19,22,26H,20H2,1-8,10-13H3;1H3;1H4/t23-,27-;22-,26-;;/m11../s1. The number of benzene rings is 4. The van der Waals surface area contributed by atoms with Crippen LogP contribution in [0.2, 0.25) is 82.6 Å². The monoisotopic (exact) mass is 1330 g/mol. The maximum absolute atomic E-state index is 13.7. The van der Waals surface area contributed by atoms with Crippen molar-refractivity contribution in [1.29, 1.82) is 0 Å². The van der Waals surface area contributed by atoms with E-state index in [2.05, 4.69) is 179 Å². The second-order valence-electron chi connectivity index (χ2n) is 28.4. The first-order chi connectivity index (χ1) is 39.3. The van der Waals surface area contributed by atoms with Crippen LogP contribution in [-0.2, 0) is 38.3 Å². The van der Waals surface area contributed by atoms with Crippen molar-refractivity contribution in [2.24, 2.45) is 5.92 Å². The van der Waals surface area contributed by atoms with Crippen LogP contribution in [0.15, 0.2) is 77.2 Å². The molecule has 87 heavy (non-hydrogen) atoms. The van der Waals surface area contributed by atoms with Gasteiger partial charge in [0.15, 0.2) is 22.4 Å². The van der Waals surface area contributed by atoms with Crippen LogP contribution in [0.1, 0.15) is 149 Å². The van der Waals surface area contributed by atoms with Gasteiger partial charge in [0.1, 0.15) is 11.5 Å². The van der Waals surface area contributed by atoms with Gasteiger partial charge in [0.25, 0.3) is 0 Å². The quantitative estimate of drug-likeness (QED) is 0.0348. The molecule has 0 fully saturated rings. The molecule has 1 heterocycles. The summed E-state index contributed by atoms with van der Waals surface area (Å²) in [6.45, 7) is 68.4. The van der Waals surface area contributed by atoms with Crippen molar-refractivity contribution in [2.75, 3.05) is 13.2 Å². The van der Waals surface area contributed by atoms with Crippen LogP contribution in [0.3, 0.4) is 0 Å². The molecule has 0 unspecified atom stereocenters. The maximum Gasteiger partial charge on any atom is 0.250 e. The predicted molar refractivity (Wildman–Crippen MR) is 380 cm³/mol. The summed E-state index contributed by atoms with van der Waals surface area (Å²) < 4.78 is 32.8. The summed E-state index contributed by atoms with van der Waals surface area (Å²) in [6.07, 6.45) is 0.378. The number of nitrogens with zero attached hydrogens (tertiary/aromatic N) is 4. The molecular weight excluding hydrogens is 1230 g/mol. The predicted octanol–water partition coefficient (Wildman–Crippen LogP) is 21.2. The highest BCUT2D eigenvalue weighted by Gasteiger charge is 2.44. The molecule has 0 bridgehead atoms. The SMILES string of the molecule is C.CP=S.[C-]#[N+]c1ccc(C[C@@H](C(=O)NCC(=O)c2cccc(O[Si](C)(C)C(C)(C)C)c2)[C@@H](C)O[Si](C)(C)C(C)(C)C)c(C)c1Cl.[C-]#[N+]c1ccc(C[C@@H](c2nnc(-c3cccc(O[Si](C)(C)C(C)(C)C)c3)o2)[C@@H](C)O[Si](C)(C)C(C)(C)C)c(C)c1Cl. The van der Waals surface area contributed by atoms with Gasteiger partial charge in [-0.2, -0.15) is 0 Å².